The van der Waals surface area contributed by atoms with Crippen LogP contribution in [0.25, 0.3) is 0 Å². The average molecular weight is 410 g/mol. The molecule has 0 amide bonds. The summed E-state index contributed by atoms with van der Waals surface area (Å²) in [5.74, 6) is 0.812. The molecule has 0 bridgehead atoms. The van der Waals surface area contributed by atoms with Crippen molar-refractivity contribution in [3.05, 3.63) is 54.1 Å². The Morgan fingerprint density at radius 2 is 1.26 bits per heavy atom. The Kier molecular flexibility index (Phi) is 5.99. The zero-order chi connectivity index (χ0) is 20.0. The molecule has 0 heterocycles. The van der Waals surface area contributed by atoms with Gasteiger partial charge in [0, 0.05) is 0 Å². The Labute approximate surface area is 156 Å². The molecule has 0 atom stereocenters. The van der Waals surface area contributed by atoms with Gasteiger partial charge in [0.15, 0.2) is 0 Å². The predicted molar refractivity (Wildman–Crippen MR) is 98.3 cm³/mol. The van der Waals surface area contributed by atoms with Crippen molar-refractivity contribution in [3.63, 3.8) is 0 Å². The van der Waals surface area contributed by atoms with Gasteiger partial charge in [-0.2, -0.15) is 0 Å². The van der Waals surface area contributed by atoms with Gasteiger partial charge in [-0.3, -0.25) is 0 Å². The summed E-state index contributed by atoms with van der Waals surface area (Å²) in [6.45, 7) is 2.89. The highest BCUT2D eigenvalue weighted by Crippen LogP contribution is 3.02. The summed E-state index contributed by atoms with van der Waals surface area (Å²) in [7, 11) is -9.64. The molecular weight excluding hydrogens is 387 g/mol. The van der Waals surface area contributed by atoms with Gasteiger partial charge < -0.3 is 9.47 Å². The minimum atomic E-state index is -9.64. The van der Waals surface area contributed by atoms with E-state index in [-0.39, 0.29) is 12.4 Å². The first-order valence-electron chi connectivity index (χ1n) is 8.66. The fourth-order valence-electron chi connectivity index (χ4n) is 2.36. The van der Waals surface area contributed by atoms with E-state index in [9.17, 15) is 19.4 Å². The fraction of sp³-hybridized carbons (Fsp3) is 0.368. The van der Waals surface area contributed by atoms with Crippen LogP contribution in [0, 0.1) is 0 Å². The van der Waals surface area contributed by atoms with E-state index in [4.69, 9.17) is 9.47 Å². The third-order valence-electron chi connectivity index (χ3n) is 3.86. The van der Waals surface area contributed by atoms with Crippen molar-refractivity contribution in [2.45, 2.75) is 44.1 Å². The topological polar surface area (TPSA) is 18.5 Å². The Hall–Kier alpha value is -1.96. The van der Waals surface area contributed by atoms with E-state index in [1.54, 1.807) is 24.3 Å². The summed E-state index contributed by atoms with van der Waals surface area (Å²) in [5.41, 5.74) is 0.783. The molecule has 0 aliphatic rings. The molecule has 0 aliphatic carbocycles. The molecule has 0 saturated heterocycles. The van der Waals surface area contributed by atoms with Gasteiger partial charge in [-0.05, 0) is 48.4 Å². The van der Waals surface area contributed by atoms with Gasteiger partial charge in [0.05, 0.1) is 6.61 Å². The number of ether oxygens (including phenoxy) is 2. The van der Waals surface area contributed by atoms with Gasteiger partial charge in [0.25, 0.3) is 0 Å². The van der Waals surface area contributed by atoms with Crippen LogP contribution in [-0.2, 0) is 6.61 Å². The van der Waals surface area contributed by atoms with Crippen molar-refractivity contribution >= 4 is 10.2 Å². The van der Waals surface area contributed by atoms with Crippen LogP contribution in [0.3, 0.4) is 0 Å². The lowest BCUT2D eigenvalue weighted by Gasteiger charge is -2.40. The lowest BCUT2D eigenvalue weighted by atomic mass is 10.2. The second-order valence-corrected chi connectivity index (χ2v) is 8.69. The molecule has 0 unspecified atom stereocenters. The summed E-state index contributed by atoms with van der Waals surface area (Å²) in [5, 5.41) is 0. The molecule has 152 valence electrons. The van der Waals surface area contributed by atoms with Gasteiger partial charge in [-0.15, -0.1) is 0 Å². The number of halogens is 5. The molecular formula is C19H23F5O2S. The van der Waals surface area contributed by atoms with Gasteiger partial charge in [-0.1, -0.05) is 57.7 Å². The lowest BCUT2D eigenvalue weighted by Crippen LogP contribution is -2.05. The maximum atomic E-state index is 12.7. The molecule has 27 heavy (non-hydrogen) atoms. The van der Waals surface area contributed by atoms with Crippen LogP contribution in [0.2, 0.25) is 0 Å². The molecule has 8 heteroatoms. The number of rotatable bonds is 10. The first-order chi connectivity index (χ1) is 12.5. The third kappa shape index (κ3) is 7.28. The van der Waals surface area contributed by atoms with Crippen LogP contribution in [0.4, 0.5) is 19.4 Å². The molecule has 2 aromatic carbocycles. The van der Waals surface area contributed by atoms with Crippen molar-refractivity contribution in [2.24, 2.45) is 0 Å². The van der Waals surface area contributed by atoms with E-state index in [0.717, 1.165) is 42.7 Å². The Bertz CT molecular complexity index is 728. The van der Waals surface area contributed by atoms with Crippen molar-refractivity contribution in [2.75, 3.05) is 6.61 Å². The smallest absolute Gasteiger partial charge is 0.310 e. The standard InChI is InChI=1S/C19H23F5O2S/c1-2-3-4-5-14-25-17-8-6-16(7-9-17)15-26-18-10-12-19(13-11-18)27(20,21,22,23)24/h6-13H,2-5,14-15H2,1H3. The number of unbranched alkanes of at least 4 members (excludes halogenated alkanes) is 3. The van der Waals surface area contributed by atoms with Crippen molar-refractivity contribution in [1.82, 2.24) is 0 Å². The van der Waals surface area contributed by atoms with Crippen molar-refractivity contribution in [3.8, 4) is 11.5 Å². The minimum absolute atomic E-state index is 0.0804. The quantitative estimate of drug-likeness (QED) is 0.293. The van der Waals surface area contributed by atoms with Crippen molar-refractivity contribution < 1.29 is 28.9 Å². The van der Waals surface area contributed by atoms with Gasteiger partial charge in [0.1, 0.15) is 23.0 Å². The number of hydrogen-bond donors (Lipinski definition) is 0. The summed E-state index contributed by atoms with van der Waals surface area (Å²) in [6.07, 6.45) is 4.47. The second kappa shape index (κ2) is 7.58. The van der Waals surface area contributed by atoms with E-state index in [0.29, 0.717) is 18.7 Å². The predicted octanol–water partition coefficient (Wildman–Crippen LogP) is 7.88. The first kappa shape index (κ1) is 21.3. The molecule has 2 aromatic rings. The summed E-state index contributed by atoms with van der Waals surface area (Å²) in [6, 6.07) is 9.60. The van der Waals surface area contributed by atoms with Crippen LogP contribution in [0.5, 0.6) is 11.5 Å². The maximum Gasteiger partial charge on any atom is 0.310 e. The van der Waals surface area contributed by atoms with E-state index in [1.807, 2.05) is 0 Å². The summed E-state index contributed by atoms with van der Waals surface area (Å²) in [4.78, 5) is -1.93. The van der Waals surface area contributed by atoms with Gasteiger partial charge >= 0.3 is 10.2 Å². The Morgan fingerprint density at radius 1 is 0.704 bits per heavy atom. The number of benzene rings is 2. The molecule has 2 rings (SSSR count). The molecule has 0 fully saturated rings. The van der Waals surface area contributed by atoms with E-state index < -0.39 is 15.1 Å². The second-order valence-electron chi connectivity index (χ2n) is 6.28. The third-order valence-corrected chi connectivity index (χ3v) is 5.03. The zero-order valence-corrected chi connectivity index (χ0v) is 15.8. The van der Waals surface area contributed by atoms with Gasteiger partial charge in [0.2, 0.25) is 0 Å². The lowest BCUT2D eigenvalue weighted by molar-refractivity contribution is 0.300. The largest absolute Gasteiger partial charge is 0.494 e. The Morgan fingerprint density at radius 3 is 1.81 bits per heavy atom. The molecule has 0 aromatic heterocycles. The van der Waals surface area contributed by atoms with Crippen LogP contribution in [0.15, 0.2) is 53.4 Å². The average Bonchev–Trinajstić information content (AvgIpc) is 2.59. The summed E-state index contributed by atoms with van der Waals surface area (Å²) >= 11 is 0. The molecule has 0 spiro atoms. The van der Waals surface area contributed by atoms with Crippen LogP contribution in [0.1, 0.15) is 38.2 Å². The SMILES string of the molecule is CCCCCCOc1ccc(COc2ccc(S(F)(F)(F)(F)F)cc2)cc1. The maximum absolute atomic E-state index is 12.7. The molecule has 0 aliphatic heterocycles. The molecule has 0 radical (unpaired) electrons. The monoisotopic (exact) mass is 410 g/mol. The highest BCUT2D eigenvalue weighted by Gasteiger charge is 2.65. The fourth-order valence-corrected chi connectivity index (χ4v) is 3.01. The number of hydrogen-bond acceptors (Lipinski definition) is 2. The van der Waals surface area contributed by atoms with E-state index in [2.05, 4.69) is 6.92 Å². The normalized spacial score (nSPS) is 14.3. The van der Waals surface area contributed by atoms with Crippen LogP contribution >= 0.6 is 10.2 Å². The Balaban J connectivity index is 1.85. The molecule has 0 saturated carbocycles. The zero-order valence-electron chi connectivity index (χ0n) is 15.0. The highest BCUT2D eigenvalue weighted by atomic mass is 32.5. The summed E-state index contributed by atoms with van der Waals surface area (Å²) < 4.78 is 74.3. The van der Waals surface area contributed by atoms with Gasteiger partial charge in [-0.25, -0.2) is 0 Å². The van der Waals surface area contributed by atoms with E-state index in [1.165, 1.54) is 6.42 Å². The van der Waals surface area contributed by atoms with Crippen LogP contribution in [-0.4, -0.2) is 6.61 Å². The van der Waals surface area contributed by atoms with Crippen LogP contribution < -0.4 is 9.47 Å². The first-order valence-corrected chi connectivity index (χ1v) is 10.6. The van der Waals surface area contributed by atoms with Crippen molar-refractivity contribution in [1.29, 1.82) is 0 Å². The van der Waals surface area contributed by atoms with E-state index >= 15 is 0 Å². The highest BCUT2D eigenvalue weighted by molar-refractivity contribution is 8.45. The molecule has 2 nitrogen and oxygen atoms in total. The minimum Gasteiger partial charge on any atom is -0.494 e. The molecule has 0 N–H and O–H groups in total.